The van der Waals surface area contributed by atoms with Crippen LogP contribution >= 0.6 is 23.8 Å². The monoisotopic (exact) mass is 354 g/mol. The summed E-state index contributed by atoms with van der Waals surface area (Å²) in [5.41, 5.74) is 2.51. The van der Waals surface area contributed by atoms with Crippen molar-refractivity contribution < 1.29 is 4.79 Å². The van der Waals surface area contributed by atoms with E-state index in [9.17, 15) is 4.79 Å². The molecule has 120 valence electrons. The Morgan fingerprint density at radius 3 is 2.38 bits per heavy atom. The molecule has 0 aromatic heterocycles. The molecule has 0 radical (unpaired) electrons. The summed E-state index contributed by atoms with van der Waals surface area (Å²) in [5.74, 6) is -0.271. The quantitative estimate of drug-likeness (QED) is 0.641. The summed E-state index contributed by atoms with van der Waals surface area (Å²) in [6, 6.07) is 18.7. The van der Waals surface area contributed by atoms with Gasteiger partial charge in [-0.25, -0.2) is 0 Å². The van der Waals surface area contributed by atoms with Crippen LogP contribution in [0.1, 0.15) is 15.9 Å². The van der Waals surface area contributed by atoms with Crippen molar-refractivity contribution in [2.24, 2.45) is 0 Å². The molecule has 5 heteroatoms. The van der Waals surface area contributed by atoms with E-state index in [-0.39, 0.29) is 11.0 Å². The number of benzene rings is 3. The number of rotatable bonds is 2. The number of aryl methyl sites for hydroxylation is 1. The smallest absolute Gasteiger partial charge is 0.258 e. The van der Waals surface area contributed by atoms with Gasteiger partial charge < -0.3 is 5.32 Å². The van der Waals surface area contributed by atoms with E-state index in [0.29, 0.717) is 10.6 Å². The van der Waals surface area contributed by atoms with Crippen molar-refractivity contribution >= 4 is 51.3 Å². The molecule has 3 nitrogen and oxygen atoms in total. The minimum absolute atomic E-state index is 0.253. The molecular formula is C19H15ClN2OS. The summed E-state index contributed by atoms with van der Waals surface area (Å²) in [6.07, 6.45) is 0. The van der Waals surface area contributed by atoms with Crippen molar-refractivity contribution in [1.82, 2.24) is 5.32 Å². The zero-order valence-electron chi connectivity index (χ0n) is 13.0. The Kier molecular flexibility index (Phi) is 4.79. The Balaban J connectivity index is 1.79. The summed E-state index contributed by atoms with van der Waals surface area (Å²) in [7, 11) is 0. The maximum atomic E-state index is 12.5. The molecule has 0 fully saturated rings. The normalized spacial score (nSPS) is 10.4. The number of fused-ring (bicyclic) bond motifs is 1. The molecule has 0 saturated heterocycles. The van der Waals surface area contributed by atoms with Crippen LogP contribution in [0.4, 0.5) is 5.69 Å². The first-order valence-corrected chi connectivity index (χ1v) is 8.19. The first kappa shape index (κ1) is 16.4. The standard InChI is InChI=1S/C19H15ClN2OS/c1-12-8-10-13(11-9-12)21-19(24)22-18(23)16-6-2-5-15-14(16)4-3-7-17(15)20/h2-11H,1H3,(H2,21,22,23,24). The van der Waals surface area contributed by atoms with Crippen LogP contribution in [0.25, 0.3) is 10.8 Å². The predicted octanol–water partition coefficient (Wildman–Crippen LogP) is 4.93. The molecular weight excluding hydrogens is 340 g/mol. The van der Waals surface area contributed by atoms with E-state index in [1.807, 2.05) is 49.4 Å². The molecule has 0 saturated carbocycles. The SMILES string of the molecule is Cc1ccc(NC(=S)NC(=O)c2cccc3c(Cl)cccc23)cc1. The van der Waals surface area contributed by atoms with Crippen LogP contribution in [-0.2, 0) is 0 Å². The van der Waals surface area contributed by atoms with Crippen molar-refractivity contribution in [3.8, 4) is 0 Å². The number of anilines is 1. The number of carbonyl (C=O) groups is 1. The Morgan fingerprint density at radius 1 is 0.958 bits per heavy atom. The number of hydrogen-bond acceptors (Lipinski definition) is 2. The summed E-state index contributed by atoms with van der Waals surface area (Å²) < 4.78 is 0. The van der Waals surface area contributed by atoms with Crippen LogP contribution in [0.3, 0.4) is 0 Å². The number of amides is 1. The Bertz CT molecular complexity index is 922. The van der Waals surface area contributed by atoms with Crippen LogP contribution in [0.5, 0.6) is 0 Å². The molecule has 2 N–H and O–H groups in total. The average molecular weight is 355 g/mol. The van der Waals surface area contributed by atoms with E-state index in [4.69, 9.17) is 23.8 Å². The first-order valence-electron chi connectivity index (χ1n) is 7.41. The molecule has 0 aliphatic heterocycles. The van der Waals surface area contributed by atoms with Crippen molar-refractivity contribution in [2.45, 2.75) is 6.92 Å². The van der Waals surface area contributed by atoms with Crippen molar-refractivity contribution in [1.29, 1.82) is 0 Å². The van der Waals surface area contributed by atoms with Crippen molar-refractivity contribution in [2.75, 3.05) is 5.32 Å². The van der Waals surface area contributed by atoms with E-state index in [1.165, 1.54) is 0 Å². The van der Waals surface area contributed by atoms with Gasteiger partial charge in [0.2, 0.25) is 0 Å². The maximum Gasteiger partial charge on any atom is 0.258 e. The fourth-order valence-electron chi connectivity index (χ4n) is 2.44. The molecule has 0 bridgehead atoms. The summed E-state index contributed by atoms with van der Waals surface area (Å²) in [4.78, 5) is 12.5. The first-order chi connectivity index (χ1) is 11.5. The average Bonchev–Trinajstić information content (AvgIpc) is 2.57. The number of halogens is 1. The minimum Gasteiger partial charge on any atom is -0.332 e. The summed E-state index contributed by atoms with van der Waals surface area (Å²) in [6.45, 7) is 2.01. The summed E-state index contributed by atoms with van der Waals surface area (Å²) in [5, 5.41) is 8.21. The van der Waals surface area contributed by atoms with Gasteiger partial charge in [-0.2, -0.15) is 0 Å². The van der Waals surface area contributed by atoms with Gasteiger partial charge in [-0.3, -0.25) is 10.1 Å². The summed E-state index contributed by atoms with van der Waals surface area (Å²) >= 11 is 11.4. The highest BCUT2D eigenvalue weighted by molar-refractivity contribution is 7.80. The lowest BCUT2D eigenvalue weighted by Gasteiger charge is -2.11. The molecule has 0 aliphatic carbocycles. The van der Waals surface area contributed by atoms with Gasteiger partial charge in [-0.15, -0.1) is 0 Å². The topological polar surface area (TPSA) is 41.1 Å². The molecule has 0 heterocycles. The van der Waals surface area contributed by atoms with E-state index in [0.717, 1.165) is 22.0 Å². The lowest BCUT2D eigenvalue weighted by atomic mass is 10.0. The zero-order chi connectivity index (χ0) is 17.1. The molecule has 3 rings (SSSR count). The van der Waals surface area contributed by atoms with Crippen LogP contribution in [-0.4, -0.2) is 11.0 Å². The van der Waals surface area contributed by atoms with Crippen molar-refractivity contribution in [3.63, 3.8) is 0 Å². The molecule has 0 atom stereocenters. The second kappa shape index (κ2) is 6.99. The number of hydrogen-bond donors (Lipinski definition) is 2. The highest BCUT2D eigenvalue weighted by Gasteiger charge is 2.12. The van der Waals surface area contributed by atoms with Gasteiger partial charge in [-0.05, 0) is 48.8 Å². The van der Waals surface area contributed by atoms with Gasteiger partial charge >= 0.3 is 0 Å². The largest absolute Gasteiger partial charge is 0.332 e. The molecule has 24 heavy (non-hydrogen) atoms. The van der Waals surface area contributed by atoms with Crippen LogP contribution < -0.4 is 10.6 Å². The predicted molar refractivity (Wildman–Crippen MR) is 104 cm³/mol. The molecule has 3 aromatic rings. The van der Waals surface area contributed by atoms with Gasteiger partial charge in [0.05, 0.1) is 0 Å². The Hall–Kier alpha value is -2.43. The second-order valence-corrected chi connectivity index (χ2v) is 6.23. The fraction of sp³-hybridized carbons (Fsp3) is 0.0526. The van der Waals surface area contributed by atoms with Gasteiger partial charge in [0.25, 0.3) is 5.91 Å². The highest BCUT2D eigenvalue weighted by Crippen LogP contribution is 2.25. The van der Waals surface area contributed by atoms with Crippen LogP contribution in [0, 0.1) is 6.92 Å². The second-order valence-electron chi connectivity index (χ2n) is 5.41. The lowest BCUT2D eigenvalue weighted by molar-refractivity contribution is 0.0979. The maximum absolute atomic E-state index is 12.5. The number of thiocarbonyl (C=S) groups is 1. The minimum atomic E-state index is -0.271. The van der Waals surface area contributed by atoms with Gasteiger partial charge in [0, 0.05) is 21.7 Å². The van der Waals surface area contributed by atoms with Crippen LogP contribution in [0.2, 0.25) is 5.02 Å². The third kappa shape index (κ3) is 3.55. The third-order valence-corrected chi connectivity index (χ3v) is 4.18. The molecule has 0 spiro atoms. The van der Waals surface area contributed by atoms with E-state index < -0.39 is 0 Å². The number of carbonyl (C=O) groups excluding carboxylic acids is 1. The van der Waals surface area contributed by atoms with Gasteiger partial charge in [0.1, 0.15) is 0 Å². The Morgan fingerprint density at radius 2 is 1.62 bits per heavy atom. The van der Waals surface area contributed by atoms with Crippen molar-refractivity contribution in [3.05, 3.63) is 76.8 Å². The molecule has 3 aromatic carbocycles. The number of nitrogens with one attached hydrogen (secondary N) is 2. The van der Waals surface area contributed by atoms with E-state index >= 15 is 0 Å². The zero-order valence-corrected chi connectivity index (χ0v) is 14.5. The lowest BCUT2D eigenvalue weighted by Crippen LogP contribution is -2.34. The highest BCUT2D eigenvalue weighted by atomic mass is 35.5. The van der Waals surface area contributed by atoms with Gasteiger partial charge in [-0.1, -0.05) is 53.6 Å². The molecule has 0 unspecified atom stereocenters. The van der Waals surface area contributed by atoms with E-state index in [2.05, 4.69) is 10.6 Å². The Labute approximate surface area is 150 Å². The fourth-order valence-corrected chi connectivity index (χ4v) is 2.89. The third-order valence-electron chi connectivity index (χ3n) is 3.65. The van der Waals surface area contributed by atoms with E-state index in [1.54, 1.807) is 18.2 Å². The van der Waals surface area contributed by atoms with Gasteiger partial charge in [0.15, 0.2) is 5.11 Å². The van der Waals surface area contributed by atoms with Crippen LogP contribution in [0.15, 0.2) is 60.7 Å². The molecule has 1 amide bonds. The molecule has 0 aliphatic rings.